The van der Waals surface area contributed by atoms with E-state index in [0.717, 1.165) is 76.2 Å². The number of aromatic nitrogens is 3. The van der Waals surface area contributed by atoms with Crippen LogP contribution in [0.2, 0.25) is 0 Å². The van der Waals surface area contributed by atoms with Crippen LogP contribution < -0.4 is 10.6 Å². The van der Waals surface area contributed by atoms with Crippen LogP contribution in [0.15, 0.2) is 11.3 Å². The van der Waals surface area contributed by atoms with Gasteiger partial charge in [0.1, 0.15) is 12.2 Å². The van der Waals surface area contributed by atoms with Gasteiger partial charge in [-0.1, -0.05) is 13.8 Å². The van der Waals surface area contributed by atoms with Crippen LogP contribution in [0.1, 0.15) is 58.7 Å². The first-order valence-electron chi connectivity index (χ1n) is 11.9. The van der Waals surface area contributed by atoms with Crippen molar-refractivity contribution in [1.29, 1.82) is 0 Å². The van der Waals surface area contributed by atoms with Crippen molar-refractivity contribution in [2.24, 2.45) is 10.9 Å². The lowest BCUT2D eigenvalue weighted by molar-refractivity contribution is 0.0890. The fourth-order valence-corrected chi connectivity index (χ4v) is 4.26. The molecule has 2 saturated heterocycles. The molecule has 0 aromatic carbocycles. The second-order valence-corrected chi connectivity index (χ2v) is 8.81. The van der Waals surface area contributed by atoms with Crippen molar-refractivity contribution in [3.63, 3.8) is 0 Å². The molecule has 1 aromatic rings. The number of ether oxygens (including phenoxy) is 1. The molecule has 2 N–H and O–H groups in total. The first kappa shape index (κ1) is 23.0. The zero-order valence-electron chi connectivity index (χ0n) is 19.1. The van der Waals surface area contributed by atoms with E-state index in [4.69, 9.17) is 9.73 Å². The Morgan fingerprint density at radius 1 is 1.30 bits per heavy atom. The number of rotatable bonds is 10. The molecule has 2 aliphatic rings. The second-order valence-electron chi connectivity index (χ2n) is 8.81. The summed E-state index contributed by atoms with van der Waals surface area (Å²) in [5, 5.41) is 15.3. The Hall–Kier alpha value is -1.67. The number of aryl methyl sites for hydroxylation is 1. The van der Waals surface area contributed by atoms with Gasteiger partial charge in [-0.3, -0.25) is 4.99 Å². The number of aliphatic imine (C=N–C) groups is 1. The van der Waals surface area contributed by atoms with Crippen LogP contribution in [0.5, 0.6) is 0 Å². The van der Waals surface area contributed by atoms with Crippen LogP contribution in [-0.4, -0.2) is 77.1 Å². The van der Waals surface area contributed by atoms with Crippen molar-refractivity contribution in [2.75, 3.05) is 39.3 Å². The predicted molar refractivity (Wildman–Crippen MR) is 121 cm³/mol. The quantitative estimate of drug-likeness (QED) is 0.343. The summed E-state index contributed by atoms with van der Waals surface area (Å²) in [6.07, 6.45) is 9.01. The number of piperidine rings is 1. The first-order chi connectivity index (χ1) is 14.7. The van der Waals surface area contributed by atoms with Crippen molar-refractivity contribution >= 4 is 5.96 Å². The molecule has 0 spiro atoms. The number of likely N-dealkylation sites (tertiary alicyclic amines) is 1. The monoisotopic (exact) mass is 419 g/mol. The fraction of sp³-hybridized carbons (Fsp3) is 0.864. The van der Waals surface area contributed by atoms with E-state index < -0.39 is 0 Å². The number of guanidine groups is 1. The van der Waals surface area contributed by atoms with Gasteiger partial charge in [0.05, 0.1) is 12.1 Å². The molecule has 1 aromatic heterocycles. The summed E-state index contributed by atoms with van der Waals surface area (Å²) < 4.78 is 7.95. The molecule has 2 unspecified atom stereocenters. The summed E-state index contributed by atoms with van der Waals surface area (Å²) in [5.41, 5.74) is 0. The van der Waals surface area contributed by atoms with E-state index in [1.54, 1.807) is 6.33 Å². The van der Waals surface area contributed by atoms with Crippen molar-refractivity contribution in [1.82, 2.24) is 30.3 Å². The van der Waals surface area contributed by atoms with Crippen LogP contribution in [0, 0.1) is 5.92 Å². The third-order valence-corrected chi connectivity index (χ3v) is 6.32. The molecule has 0 radical (unpaired) electrons. The minimum absolute atomic E-state index is 0.253. The highest BCUT2D eigenvalue weighted by Gasteiger charge is 2.23. The zero-order valence-corrected chi connectivity index (χ0v) is 19.1. The van der Waals surface area contributed by atoms with Crippen LogP contribution in [-0.2, 0) is 17.7 Å². The third-order valence-electron chi connectivity index (χ3n) is 6.32. The highest BCUT2D eigenvalue weighted by molar-refractivity contribution is 5.80. The van der Waals surface area contributed by atoms with E-state index in [9.17, 15) is 0 Å². The Kier molecular flexibility index (Phi) is 9.39. The van der Waals surface area contributed by atoms with Gasteiger partial charge in [0.2, 0.25) is 0 Å². The van der Waals surface area contributed by atoms with Gasteiger partial charge < -0.3 is 24.8 Å². The molecule has 8 nitrogen and oxygen atoms in total. The summed E-state index contributed by atoms with van der Waals surface area (Å²) in [6, 6.07) is 0.253. The van der Waals surface area contributed by atoms with Crippen molar-refractivity contribution in [3.05, 3.63) is 12.2 Å². The maximum absolute atomic E-state index is 5.85. The summed E-state index contributed by atoms with van der Waals surface area (Å²) in [5.74, 6) is 2.79. The Labute approximate surface area is 181 Å². The number of nitrogens with one attached hydrogen (secondary N) is 2. The topological polar surface area (TPSA) is 79.6 Å². The Balaban J connectivity index is 1.46. The SMILES string of the molecule is CCc1nncn1CCNC(=NCCCN1CCC(C)CC1)NC(C)C1CCCO1. The summed E-state index contributed by atoms with van der Waals surface area (Å²) in [4.78, 5) is 7.45. The molecule has 0 bridgehead atoms. The second kappa shape index (κ2) is 12.2. The van der Waals surface area contributed by atoms with Gasteiger partial charge in [-0.2, -0.15) is 0 Å². The highest BCUT2D eigenvalue weighted by atomic mass is 16.5. The van der Waals surface area contributed by atoms with Crippen LogP contribution in [0.25, 0.3) is 0 Å². The molecule has 0 amide bonds. The van der Waals surface area contributed by atoms with E-state index in [1.807, 2.05) is 0 Å². The lowest BCUT2D eigenvalue weighted by Gasteiger charge is -2.29. The molecular formula is C22H41N7O. The van der Waals surface area contributed by atoms with Crippen molar-refractivity contribution in [2.45, 2.75) is 78.0 Å². The first-order valence-corrected chi connectivity index (χ1v) is 11.9. The van der Waals surface area contributed by atoms with Crippen LogP contribution in [0.3, 0.4) is 0 Å². The highest BCUT2D eigenvalue weighted by Crippen LogP contribution is 2.16. The normalized spacial score (nSPS) is 22.4. The van der Waals surface area contributed by atoms with Gasteiger partial charge in [0, 0.05) is 32.7 Å². The van der Waals surface area contributed by atoms with Crippen molar-refractivity contribution in [3.8, 4) is 0 Å². The number of hydrogen-bond acceptors (Lipinski definition) is 5. The van der Waals surface area contributed by atoms with Gasteiger partial charge in [-0.05, 0) is 64.6 Å². The van der Waals surface area contributed by atoms with Crippen LogP contribution >= 0.6 is 0 Å². The molecule has 0 aliphatic carbocycles. The minimum atomic E-state index is 0.253. The van der Waals surface area contributed by atoms with E-state index in [-0.39, 0.29) is 12.1 Å². The molecule has 2 aliphatic heterocycles. The summed E-state index contributed by atoms with van der Waals surface area (Å²) in [7, 11) is 0. The average Bonchev–Trinajstić information content (AvgIpc) is 3.44. The predicted octanol–water partition coefficient (Wildman–Crippen LogP) is 2.07. The molecule has 3 rings (SSSR count). The van der Waals surface area contributed by atoms with Gasteiger partial charge in [0.25, 0.3) is 0 Å². The van der Waals surface area contributed by atoms with Crippen LogP contribution in [0.4, 0.5) is 0 Å². The Morgan fingerprint density at radius 3 is 2.87 bits per heavy atom. The molecule has 0 saturated carbocycles. The van der Waals surface area contributed by atoms with E-state index in [2.05, 4.69) is 51.1 Å². The standard InChI is InChI=1S/C22H41N7O/c1-4-21-27-25-17-29(21)15-11-24-22(26-19(3)20-7-5-16-30-20)23-10-6-12-28-13-8-18(2)9-14-28/h17-20H,4-16H2,1-3H3,(H2,23,24,26). The molecule has 8 heteroatoms. The minimum Gasteiger partial charge on any atom is -0.376 e. The van der Waals surface area contributed by atoms with Crippen molar-refractivity contribution < 1.29 is 4.74 Å². The smallest absolute Gasteiger partial charge is 0.191 e. The zero-order chi connectivity index (χ0) is 21.2. The number of nitrogens with zero attached hydrogens (tertiary/aromatic N) is 5. The largest absolute Gasteiger partial charge is 0.376 e. The maximum atomic E-state index is 5.85. The molecule has 170 valence electrons. The van der Waals surface area contributed by atoms with Gasteiger partial charge in [-0.15, -0.1) is 10.2 Å². The molecule has 30 heavy (non-hydrogen) atoms. The Morgan fingerprint density at radius 2 is 2.13 bits per heavy atom. The third kappa shape index (κ3) is 7.23. The Bertz CT molecular complexity index is 633. The lowest BCUT2D eigenvalue weighted by atomic mass is 9.99. The van der Waals surface area contributed by atoms with Gasteiger partial charge in [-0.25, -0.2) is 0 Å². The summed E-state index contributed by atoms with van der Waals surface area (Å²) >= 11 is 0. The lowest BCUT2D eigenvalue weighted by Crippen LogP contribution is -2.47. The molecule has 2 fully saturated rings. The molecule has 2 atom stereocenters. The number of hydrogen-bond donors (Lipinski definition) is 2. The van der Waals surface area contributed by atoms with E-state index >= 15 is 0 Å². The van der Waals surface area contributed by atoms with Gasteiger partial charge >= 0.3 is 0 Å². The van der Waals surface area contributed by atoms with E-state index in [0.29, 0.717) is 0 Å². The van der Waals surface area contributed by atoms with E-state index in [1.165, 1.54) is 25.9 Å². The molecular weight excluding hydrogens is 378 g/mol. The summed E-state index contributed by atoms with van der Waals surface area (Å²) in [6.45, 7) is 13.6. The molecule has 3 heterocycles. The average molecular weight is 420 g/mol. The maximum Gasteiger partial charge on any atom is 0.191 e. The van der Waals surface area contributed by atoms with Gasteiger partial charge in [0.15, 0.2) is 5.96 Å². The fourth-order valence-electron chi connectivity index (χ4n) is 4.26.